The number of fused-ring (bicyclic) bond motifs is 3. The van der Waals surface area contributed by atoms with Gasteiger partial charge in [-0.3, -0.25) is 0 Å². The number of aromatic nitrogens is 2. The number of rotatable bonds is 7. The summed E-state index contributed by atoms with van der Waals surface area (Å²) < 4.78 is 0. The van der Waals surface area contributed by atoms with E-state index in [9.17, 15) is 0 Å². The Labute approximate surface area is 335 Å². The van der Waals surface area contributed by atoms with Gasteiger partial charge >= 0.3 is 0 Å². The molecule has 10 rings (SSSR count). The van der Waals surface area contributed by atoms with Gasteiger partial charge in [-0.1, -0.05) is 201 Å². The Balaban J connectivity index is 1.03. The van der Waals surface area contributed by atoms with Crippen LogP contribution < -0.4 is 10.5 Å². The van der Waals surface area contributed by atoms with Gasteiger partial charge in [-0.15, -0.1) is 0 Å². The molecule has 0 aliphatic carbocycles. The van der Waals surface area contributed by atoms with Crippen LogP contribution in [0.25, 0.3) is 89.4 Å². The number of hydrogen-bond donors (Lipinski definition) is 0. The van der Waals surface area contributed by atoms with Crippen molar-refractivity contribution in [1.29, 1.82) is 0 Å². The highest BCUT2D eigenvalue weighted by molar-refractivity contribution is 7.03. The van der Waals surface area contributed by atoms with Gasteiger partial charge in [0.15, 0.2) is 5.82 Å². The number of nitrogens with zero attached hydrogens (tertiary/aromatic N) is 2. The van der Waals surface area contributed by atoms with E-state index in [-0.39, 0.29) is 0 Å². The fourth-order valence-electron chi connectivity index (χ4n) is 8.41. The molecule has 0 saturated heterocycles. The fraction of sp³-hybridized carbons (Fsp3) is 0.0370. The van der Waals surface area contributed by atoms with Crippen molar-refractivity contribution in [3.63, 3.8) is 0 Å². The molecular formula is C54H40N2Si. The molecule has 1 aliphatic heterocycles. The van der Waals surface area contributed by atoms with E-state index in [1.54, 1.807) is 0 Å². The molecule has 0 unspecified atom stereocenters. The smallest absolute Gasteiger partial charge is 0.159 e. The first-order chi connectivity index (χ1) is 28.0. The van der Waals surface area contributed by atoms with Crippen LogP contribution in [-0.2, 0) is 0 Å². The minimum absolute atomic E-state index is 0.770. The molecule has 0 saturated carbocycles. The first-order valence-electron chi connectivity index (χ1n) is 19.6. The van der Waals surface area contributed by atoms with Gasteiger partial charge < -0.3 is 0 Å². The zero-order valence-electron chi connectivity index (χ0n) is 32.0. The SMILES string of the molecule is C[Si]1(C)c2ccccc2-c2c(-c3ccc(-c4cccc(-c5ccccc5)c4)cc3)nc(-c3cccc(-c4cccc(-c5ccc(-c6ccccc6)cc5)c4)c3)nc21. The third kappa shape index (κ3) is 6.42. The third-order valence-corrected chi connectivity index (χ3v) is 14.8. The molecule has 0 spiro atoms. The van der Waals surface area contributed by atoms with Gasteiger partial charge in [0.05, 0.1) is 5.69 Å². The lowest BCUT2D eigenvalue weighted by atomic mass is 9.96. The minimum atomic E-state index is -2.11. The van der Waals surface area contributed by atoms with E-state index in [1.807, 2.05) is 0 Å². The Hall–Kier alpha value is -6.94. The summed E-state index contributed by atoms with van der Waals surface area (Å²) in [5, 5.41) is 2.62. The predicted molar refractivity (Wildman–Crippen MR) is 242 cm³/mol. The van der Waals surface area contributed by atoms with Crippen molar-refractivity contribution in [2.45, 2.75) is 13.1 Å². The zero-order valence-corrected chi connectivity index (χ0v) is 33.0. The summed E-state index contributed by atoms with van der Waals surface area (Å²) in [7, 11) is -2.11. The second-order valence-electron chi connectivity index (χ2n) is 15.4. The summed E-state index contributed by atoms with van der Waals surface area (Å²) in [6.45, 7) is 4.85. The van der Waals surface area contributed by atoms with Gasteiger partial charge in [-0.2, -0.15) is 0 Å². The lowest BCUT2D eigenvalue weighted by Gasteiger charge is -2.19. The molecule has 0 radical (unpaired) electrons. The molecule has 0 amide bonds. The lowest BCUT2D eigenvalue weighted by molar-refractivity contribution is 1.21. The van der Waals surface area contributed by atoms with Gasteiger partial charge in [0.2, 0.25) is 0 Å². The van der Waals surface area contributed by atoms with Gasteiger partial charge in [0.25, 0.3) is 0 Å². The van der Waals surface area contributed by atoms with Crippen molar-refractivity contribution in [1.82, 2.24) is 9.97 Å². The highest BCUT2D eigenvalue weighted by Crippen LogP contribution is 2.38. The second kappa shape index (κ2) is 14.3. The van der Waals surface area contributed by atoms with Crippen LogP contribution in [0, 0.1) is 0 Å². The molecule has 2 nitrogen and oxygen atoms in total. The van der Waals surface area contributed by atoms with Crippen molar-refractivity contribution in [2.24, 2.45) is 0 Å². The van der Waals surface area contributed by atoms with E-state index in [4.69, 9.17) is 9.97 Å². The first-order valence-corrected chi connectivity index (χ1v) is 22.6. The monoisotopic (exact) mass is 744 g/mol. The normalized spacial score (nSPS) is 12.5. The Morgan fingerprint density at radius 1 is 0.316 bits per heavy atom. The Morgan fingerprint density at radius 3 is 1.23 bits per heavy atom. The summed E-state index contributed by atoms with van der Waals surface area (Å²) in [5.41, 5.74) is 17.5. The molecule has 1 aliphatic rings. The Morgan fingerprint density at radius 2 is 0.684 bits per heavy atom. The van der Waals surface area contributed by atoms with Crippen molar-refractivity contribution in [2.75, 3.05) is 0 Å². The molecule has 0 fully saturated rings. The predicted octanol–water partition coefficient (Wildman–Crippen LogP) is 12.9. The molecule has 3 heteroatoms. The average molecular weight is 745 g/mol. The molecule has 1 aromatic heterocycles. The summed E-state index contributed by atoms with van der Waals surface area (Å²) in [6, 6.07) is 74.1. The molecule has 8 aromatic carbocycles. The molecule has 0 N–H and O–H groups in total. The van der Waals surface area contributed by atoms with E-state index >= 15 is 0 Å². The van der Waals surface area contributed by atoms with E-state index in [2.05, 4.69) is 219 Å². The molecule has 0 bridgehead atoms. The second-order valence-corrected chi connectivity index (χ2v) is 19.7. The van der Waals surface area contributed by atoms with Crippen LogP contribution in [0.1, 0.15) is 0 Å². The molecule has 0 atom stereocenters. The highest BCUT2D eigenvalue weighted by atomic mass is 28.3. The summed E-state index contributed by atoms with van der Waals surface area (Å²) >= 11 is 0. The Kier molecular flexibility index (Phi) is 8.66. The van der Waals surface area contributed by atoms with Crippen LogP contribution in [-0.4, -0.2) is 18.0 Å². The molecule has 9 aromatic rings. The van der Waals surface area contributed by atoms with Gasteiger partial charge in [0.1, 0.15) is 8.07 Å². The molecular weight excluding hydrogens is 705 g/mol. The highest BCUT2D eigenvalue weighted by Gasteiger charge is 2.41. The summed E-state index contributed by atoms with van der Waals surface area (Å²) in [6.07, 6.45) is 0. The van der Waals surface area contributed by atoms with Crippen molar-refractivity contribution >= 4 is 18.6 Å². The van der Waals surface area contributed by atoms with E-state index < -0.39 is 8.07 Å². The third-order valence-electron chi connectivity index (χ3n) is 11.5. The van der Waals surface area contributed by atoms with Crippen LogP contribution in [0.5, 0.6) is 0 Å². The van der Waals surface area contributed by atoms with Crippen LogP contribution in [0.2, 0.25) is 13.1 Å². The van der Waals surface area contributed by atoms with Crippen LogP contribution in [0.15, 0.2) is 206 Å². The van der Waals surface area contributed by atoms with Crippen molar-refractivity contribution in [3.05, 3.63) is 206 Å². The maximum absolute atomic E-state index is 5.46. The fourth-order valence-corrected chi connectivity index (χ4v) is 11.3. The zero-order chi connectivity index (χ0) is 38.3. The van der Waals surface area contributed by atoms with Crippen LogP contribution in [0.4, 0.5) is 0 Å². The number of benzene rings is 8. The van der Waals surface area contributed by atoms with Gasteiger partial charge in [0, 0.05) is 22.0 Å². The quantitative estimate of drug-likeness (QED) is 0.152. The maximum atomic E-state index is 5.46. The van der Waals surface area contributed by atoms with Gasteiger partial charge in [-0.25, -0.2) is 9.97 Å². The average Bonchev–Trinajstić information content (AvgIpc) is 3.52. The largest absolute Gasteiger partial charge is 0.237 e. The minimum Gasteiger partial charge on any atom is -0.237 e. The maximum Gasteiger partial charge on any atom is 0.159 e. The first kappa shape index (κ1) is 34.5. The van der Waals surface area contributed by atoms with E-state index in [0.717, 1.165) is 33.8 Å². The van der Waals surface area contributed by atoms with Crippen LogP contribution in [0.3, 0.4) is 0 Å². The standard InChI is InChI=1S/C54H40N2Si/c1-57(2)50-25-10-9-24-49(50)51-52(42-32-30-41(31-33-42)44-19-11-18-43(34-44)38-16-7-4-8-17-38)55-53(56-54(51)57)48-23-13-22-47(36-48)46-21-12-20-45(35-46)40-28-26-39(27-29-40)37-14-5-3-6-15-37/h3-36H,1-2H3. The van der Waals surface area contributed by atoms with Crippen molar-refractivity contribution in [3.8, 4) is 89.4 Å². The molecule has 270 valence electrons. The lowest BCUT2D eigenvalue weighted by Crippen LogP contribution is -2.50. The summed E-state index contributed by atoms with van der Waals surface area (Å²) in [4.78, 5) is 10.9. The van der Waals surface area contributed by atoms with Crippen molar-refractivity contribution < 1.29 is 0 Å². The number of hydrogen-bond acceptors (Lipinski definition) is 2. The summed E-state index contributed by atoms with van der Waals surface area (Å²) in [5.74, 6) is 0.770. The van der Waals surface area contributed by atoms with E-state index in [0.29, 0.717) is 0 Å². The van der Waals surface area contributed by atoms with Crippen LogP contribution >= 0.6 is 0 Å². The van der Waals surface area contributed by atoms with E-state index in [1.165, 1.54) is 66.1 Å². The molecule has 57 heavy (non-hydrogen) atoms. The Bertz CT molecular complexity index is 2900. The van der Waals surface area contributed by atoms with Gasteiger partial charge in [-0.05, 0) is 84.6 Å². The molecule has 2 heterocycles. The topological polar surface area (TPSA) is 25.8 Å².